The van der Waals surface area contributed by atoms with E-state index >= 15 is 0 Å². The van der Waals surface area contributed by atoms with Crippen molar-refractivity contribution < 1.29 is 14.6 Å². The lowest BCUT2D eigenvalue weighted by Gasteiger charge is -2.15. The van der Waals surface area contributed by atoms with E-state index in [0.717, 1.165) is 24.9 Å². The van der Waals surface area contributed by atoms with Crippen LogP contribution in [-0.4, -0.2) is 30.3 Å². The number of benzene rings is 1. The van der Waals surface area contributed by atoms with E-state index in [2.05, 4.69) is 5.32 Å². The second kappa shape index (κ2) is 5.27. The van der Waals surface area contributed by atoms with Crippen molar-refractivity contribution in [3.8, 4) is 0 Å². The molecular weight excluding hydrogens is 232 g/mol. The molecule has 4 N–H and O–H groups in total. The number of nitrogens with one attached hydrogen (secondary N) is 1. The van der Waals surface area contributed by atoms with Gasteiger partial charge < -0.3 is 20.9 Å². The summed E-state index contributed by atoms with van der Waals surface area (Å²) in [6.07, 6.45) is 3.39. The van der Waals surface area contributed by atoms with E-state index in [1.807, 2.05) is 0 Å². The van der Waals surface area contributed by atoms with Crippen LogP contribution in [0.3, 0.4) is 0 Å². The molecule has 1 saturated carbocycles. The Hall–Kier alpha value is -1.75. The molecule has 2 rings (SSSR count). The molecule has 98 valence electrons. The van der Waals surface area contributed by atoms with Crippen molar-refractivity contribution in [2.75, 3.05) is 18.2 Å². The summed E-state index contributed by atoms with van der Waals surface area (Å²) in [6, 6.07) is 5.32. The van der Waals surface area contributed by atoms with Gasteiger partial charge in [0, 0.05) is 24.5 Å². The van der Waals surface area contributed by atoms with E-state index in [0.29, 0.717) is 12.1 Å². The highest BCUT2D eigenvalue weighted by Crippen LogP contribution is 2.26. The maximum absolute atomic E-state index is 10.8. The van der Waals surface area contributed by atoms with Crippen LogP contribution < -0.4 is 11.1 Å². The molecule has 5 heteroatoms. The summed E-state index contributed by atoms with van der Waals surface area (Å²) in [5.41, 5.74) is 6.99. The third-order valence-electron chi connectivity index (χ3n) is 3.37. The molecule has 1 aliphatic rings. The largest absolute Gasteiger partial charge is 0.478 e. The number of carboxylic acids is 1. The molecule has 2 atom stereocenters. The fourth-order valence-electron chi connectivity index (χ4n) is 2.37. The molecule has 18 heavy (non-hydrogen) atoms. The predicted octanol–water partition coefficient (Wildman–Crippen LogP) is 1.95. The standard InChI is InChI=1S/C13H18N2O3/c1-18-10-4-2-8(6-10)15-9-3-5-11(13(16)17)12(14)7-9/h3,5,7-8,10,15H,2,4,6,14H2,1H3,(H,16,17). The van der Waals surface area contributed by atoms with Crippen LogP contribution in [0, 0.1) is 0 Å². The van der Waals surface area contributed by atoms with Gasteiger partial charge in [0.2, 0.25) is 0 Å². The Bertz CT molecular complexity index is 448. The van der Waals surface area contributed by atoms with Gasteiger partial charge in [0.15, 0.2) is 0 Å². The zero-order valence-electron chi connectivity index (χ0n) is 10.3. The van der Waals surface area contributed by atoms with Gasteiger partial charge in [-0.15, -0.1) is 0 Å². The van der Waals surface area contributed by atoms with Crippen LogP contribution in [0.15, 0.2) is 18.2 Å². The van der Waals surface area contributed by atoms with Crippen LogP contribution >= 0.6 is 0 Å². The van der Waals surface area contributed by atoms with E-state index in [1.54, 1.807) is 19.2 Å². The molecule has 0 bridgehead atoms. The highest BCUT2D eigenvalue weighted by Gasteiger charge is 2.24. The fourth-order valence-corrected chi connectivity index (χ4v) is 2.37. The SMILES string of the molecule is COC1CCC(Nc2ccc(C(=O)O)c(N)c2)C1. The van der Waals surface area contributed by atoms with Gasteiger partial charge in [-0.25, -0.2) is 4.79 Å². The van der Waals surface area contributed by atoms with Crippen molar-refractivity contribution in [3.63, 3.8) is 0 Å². The number of rotatable bonds is 4. The van der Waals surface area contributed by atoms with Gasteiger partial charge in [-0.1, -0.05) is 0 Å². The Labute approximate surface area is 106 Å². The maximum atomic E-state index is 10.8. The number of anilines is 2. The van der Waals surface area contributed by atoms with E-state index in [1.165, 1.54) is 6.07 Å². The lowest BCUT2D eigenvalue weighted by Crippen LogP contribution is -2.17. The molecule has 1 aromatic rings. The first kappa shape index (κ1) is 12.7. The summed E-state index contributed by atoms with van der Waals surface area (Å²) >= 11 is 0. The van der Waals surface area contributed by atoms with Gasteiger partial charge >= 0.3 is 5.97 Å². The predicted molar refractivity (Wildman–Crippen MR) is 69.9 cm³/mol. The fraction of sp³-hybridized carbons (Fsp3) is 0.462. The van der Waals surface area contributed by atoms with Crippen molar-refractivity contribution in [1.29, 1.82) is 0 Å². The maximum Gasteiger partial charge on any atom is 0.337 e. The van der Waals surface area contributed by atoms with Gasteiger partial charge in [0.1, 0.15) is 0 Å². The summed E-state index contributed by atoms with van der Waals surface area (Å²) in [7, 11) is 1.73. The average Bonchev–Trinajstić information content (AvgIpc) is 2.76. The van der Waals surface area contributed by atoms with Crippen molar-refractivity contribution in [2.24, 2.45) is 0 Å². The zero-order chi connectivity index (χ0) is 13.1. The van der Waals surface area contributed by atoms with Crippen LogP contribution in [0.4, 0.5) is 11.4 Å². The lowest BCUT2D eigenvalue weighted by molar-refractivity contribution is 0.0698. The molecule has 5 nitrogen and oxygen atoms in total. The third kappa shape index (κ3) is 2.73. The molecule has 0 aromatic heterocycles. The molecule has 2 unspecified atom stereocenters. The Morgan fingerprint density at radius 3 is 2.83 bits per heavy atom. The number of nitrogens with two attached hydrogens (primary N) is 1. The Morgan fingerprint density at radius 1 is 1.50 bits per heavy atom. The number of carboxylic acid groups (broad SMARTS) is 1. The molecule has 0 amide bonds. The van der Waals surface area contributed by atoms with Gasteiger partial charge in [-0.3, -0.25) is 0 Å². The topological polar surface area (TPSA) is 84.6 Å². The summed E-state index contributed by atoms with van der Waals surface area (Å²) in [5.74, 6) is -1.00. The molecule has 0 heterocycles. The Morgan fingerprint density at radius 2 is 2.28 bits per heavy atom. The lowest BCUT2D eigenvalue weighted by atomic mass is 10.1. The second-order valence-electron chi connectivity index (χ2n) is 4.62. The van der Waals surface area contributed by atoms with Crippen LogP contribution in [0.25, 0.3) is 0 Å². The van der Waals surface area contributed by atoms with Gasteiger partial charge in [-0.2, -0.15) is 0 Å². The highest BCUT2D eigenvalue weighted by atomic mass is 16.5. The first-order valence-corrected chi connectivity index (χ1v) is 6.02. The van der Waals surface area contributed by atoms with Gasteiger partial charge in [0.05, 0.1) is 11.7 Å². The number of methoxy groups -OCH3 is 1. The van der Waals surface area contributed by atoms with Crippen LogP contribution in [-0.2, 0) is 4.74 Å². The molecule has 1 aromatic carbocycles. The monoisotopic (exact) mass is 250 g/mol. The molecule has 0 radical (unpaired) electrons. The molecule has 0 saturated heterocycles. The summed E-state index contributed by atoms with van der Waals surface area (Å²) in [6.45, 7) is 0. The van der Waals surface area contributed by atoms with Crippen molar-refractivity contribution in [1.82, 2.24) is 0 Å². The van der Waals surface area contributed by atoms with Crippen LogP contribution in [0.2, 0.25) is 0 Å². The van der Waals surface area contributed by atoms with E-state index in [9.17, 15) is 4.79 Å². The second-order valence-corrected chi connectivity index (χ2v) is 4.62. The van der Waals surface area contributed by atoms with Gasteiger partial charge in [0.25, 0.3) is 0 Å². The molecule has 1 fully saturated rings. The van der Waals surface area contributed by atoms with Crippen LogP contribution in [0.1, 0.15) is 29.6 Å². The number of hydrogen-bond acceptors (Lipinski definition) is 4. The molecule has 1 aliphatic carbocycles. The van der Waals surface area contributed by atoms with E-state index < -0.39 is 5.97 Å². The van der Waals surface area contributed by atoms with Crippen molar-refractivity contribution in [2.45, 2.75) is 31.4 Å². The van der Waals surface area contributed by atoms with Crippen molar-refractivity contribution >= 4 is 17.3 Å². The highest BCUT2D eigenvalue weighted by molar-refractivity contribution is 5.94. The Balaban J connectivity index is 2.02. The van der Waals surface area contributed by atoms with E-state index in [4.69, 9.17) is 15.6 Å². The number of nitrogen functional groups attached to an aromatic ring is 1. The van der Waals surface area contributed by atoms with Gasteiger partial charge in [-0.05, 0) is 37.5 Å². The first-order chi connectivity index (χ1) is 8.60. The number of ether oxygens (including phenoxy) is 1. The molecule has 0 aliphatic heterocycles. The Kier molecular flexibility index (Phi) is 3.72. The van der Waals surface area contributed by atoms with Crippen molar-refractivity contribution in [3.05, 3.63) is 23.8 Å². The zero-order valence-corrected chi connectivity index (χ0v) is 10.3. The van der Waals surface area contributed by atoms with E-state index in [-0.39, 0.29) is 11.3 Å². The number of aromatic carboxylic acids is 1. The quantitative estimate of drug-likeness (QED) is 0.711. The summed E-state index contributed by atoms with van der Waals surface area (Å²) in [4.78, 5) is 10.8. The third-order valence-corrected chi connectivity index (χ3v) is 3.37. The number of hydrogen-bond donors (Lipinski definition) is 3. The normalized spacial score (nSPS) is 22.9. The smallest absolute Gasteiger partial charge is 0.337 e. The number of carbonyl (C=O) groups is 1. The molecule has 0 spiro atoms. The van der Waals surface area contributed by atoms with Crippen LogP contribution in [0.5, 0.6) is 0 Å². The summed E-state index contributed by atoms with van der Waals surface area (Å²) in [5, 5.41) is 12.2. The first-order valence-electron chi connectivity index (χ1n) is 6.02. The average molecular weight is 250 g/mol. The minimum absolute atomic E-state index is 0.140. The minimum atomic E-state index is -1.00. The molecular formula is C13H18N2O3. The minimum Gasteiger partial charge on any atom is -0.478 e. The summed E-state index contributed by atoms with van der Waals surface area (Å²) < 4.78 is 5.31.